The first-order valence-electron chi connectivity index (χ1n) is 4.41. The van der Waals surface area contributed by atoms with Crippen molar-refractivity contribution in [3.8, 4) is 5.75 Å². The summed E-state index contributed by atoms with van der Waals surface area (Å²) in [5.74, 6) is 0.485. The van der Waals surface area contributed by atoms with Crippen LogP contribution in [-0.2, 0) is 0 Å². The summed E-state index contributed by atoms with van der Waals surface area (Å²) in [4.78, 5) is 0. The van der Waals surface area contributed by atoms with Gasteiger partial charge < -0.3 is 10.5 Å². The summed E-state index contributed by atoms with van der Waals surface area (Å²) in [6.07, 6.45) is 0. The van der Waals surface area contributed by atoms with Crippen molar-refractivity contribution in [3.05, 3.63) is 28.5 Å². The number of ether oxygens (including phenoxy) is 1. The lowest BCUT2D eigenvalue weighted by Gasteiger charge is -2.11. The van der Waals surface area contributed by atoms with Gasteiger partial charge in [0.15, 0.2) is 0 Å². The number of hydrogen-bond acceptors (Lipinski definition) is 2. The summed E-state index contributed by atoms with van der Waals surface area (Å²) >= 11 is 3.28. The molecule has 1 aromatic carbocycles. The van der Waals surface area contributed by atoms with Gasteiger partial charge >= 0.3 is 0 Å². The standard InChI is InChI=1S/C10H13BrFNO/c1-7(5-13)6-14-10-4-8(12)2-3-9(10)11/h2-4,7H,5-6,13H2,1H3. The summed E-state index contributed by atoms with van der Waals surface area (Å²) in [6.45, 7) is 3.04. The summed E-state index contributed by atoms with van der Waals surface area (Å²) in [5, 5.41) is 0. The van der Waals surface area contributed by atoms with E-state index in [0.29, 0.717) is 18.9 Å². The zero-order chi connectivity index (χ0) is 10.6. The van der Waals surface area contributed by atoms with Crippen LogP contribution in [0.4, 0.5) is 4.39 Å². The maximum absolute atomic E-state index is 12.8. The van der Waals surface area contributed by atoms with E-state index < -0.39 is 0 Å². The highest BCUT2D eigenvalue weighted by atomic mass is 79.9. The van der Waals surface area contributed by atoms with Crippen molar-refractivity contribution in [1.29, 1.82) is 0 Å². The Hall–Kier alpha value is -0.610. The van der Waals surface area contributed by atoms with Gasteiger partial charge in [0.05, 0.1) is 11.1 Å². The Morgan fingerprint density at radius 3 is 2.93 bits per heavy atom. The van der Waals surface area contributed by atoms with Gasteiger partial charge in [-0.25, -0.2) is 4.39 Å². The molecule has 0 saturated heterocycles. The minimum Gasteiger partial charge on any atom is -0.492 e. The van der Waals surface area contributed by atoms with E-state index in [4.69, 9.17) is 10.5 Å². The van der Waals surface area contributed by atoms with Gasteiger partial charge in [0.25, 0.3) is 0 Å². The van der Waals surface area contributed by atoms with Crippen molar-refractivity contribution in [2.75, 3.05) is 13.2 Å². The Morgan fingerprint density at radius 2 is 2.29 bits per heavy atom. The van der Waals surface area contributed by atoms with Crippen LogP contribution in [0, 0.1) is 11.7 Å². The fourth-order valence-electron chi connectivity index (χ4n) is 0.888. The van der Waals surface area contributed by atoms with Gasteiger partial charge in [-0.15, -0.1) is 0 Å². The van der Waals surface area contributed by atoms with Gasteiger partial charge in [-0.1, -0.05) is 6.92 Å². The van der Waals surface area contributed by atoms with E-state index in [1.165, 1.54) is 12.1 Å². The minimum absolute atomic E-state index is 0.269. The lowest BCUT2D eigenvalue weighted by Crippen LogP contribution is -2.18. The van der Waals surface area contributed by atoms with Crippen molar-refractivity contribution in [1.82, 2.24) is 0 Å². The molecule has 0 aliphatic rings. The Balaban J connectivity index is 2.62. The van der Waals surface area contributed by atoms with E-state index in [-0.39, 0.29) is 11.7 Å². The normalized spacial score (nSPS) is 12.6. The lowest BCUT2D eigenvalue weighted by molar-refractivity contribution is 0.261. The third-order valence-corrected chi connectivity index (χ3v) is 2.47. The van der Waals surface area contributed by atoms with Crippen LogP contribution < -0.4 is 10.5 Å². The minimum atomic E-state index is -0.302. The molecule has 14 heavy (non-hydrogen) atoms. The molecule has 0 radical (unpaired) electrons. The Labute approximate surface area is 91.4 Å². The molecule has 0 saturated carbocycles. The monoisotopic (exact) mass is 261 g/mol. The molecule has 0 aliphatic heterocycles. The van der Waals surface area contributed by atoms with Gasteiger partial charge in [0.1, 0.15) is 11.6 Å². The third kappa shape index (κ3) is 3.27. The number of hydrogen-bond donors (Lipinski definition) is 1. The maximum Gasteiger partial charge on any atom is 0.136 e. The molecule has 2 nitrogen and oxygen atoms in total. The molecule has 0 amide bonds. The van der Waals surface area contributed by atoms with Crippen molar-refractivity contribution in [2.45, 2.75) is 6.92 Å². The lowest BCUT2D eigenvalue weighted by atomic mass is 10.2. The Bertz CT molecular complexity index is 306. The molecular formula is C10H13BrFNO. The van der Waals surface area contributed by atoms with Crippen LogP contribution in [0.15, 0.2) is 22.7 Å². The Morgan fingerprint density at radius 1 is 1.57 bits per heavy atom. The average molecular weight is 262 g/mol. The molecular weight excluding hydrogens is 249 g/mol. The zero-order valence-electron chi connectivity index (χ0n) is 7.97. The zero-order valence-corrected chi connectivity index (χ0v) is 9.55. The quantitative estimate of drug-likeness (QED) is 0.905. The van der Waals surface area contributed by atoms with Crippen molar-refractivity contribution in [3.63, 3.8) is 0 Å². The average Bonchev–Trinajstić information content (AvgIpc) is 2.19. The molecule has 78 valence electrons. The molecule has 1 rings (SSSR count). The highest BCUT2D eigenvalue weighted by molar-refractivity contribution is 9.10. The van der Waals surface area contributed by atoms with Gasteiger partial charge in [-0.3, -0.25) is 0 Å². The SMILES string of the molecule is CC(CN)COc1cc(F)ccc1Br. The first kappa shape index (κ1) is 11.5. The molecule has 1 aromatic rings. The summed E-state index contributed by atoms with van der Waals surface area (Å²) in [7, 11) is 0. The first-order valence-corrected chi connectivity index (χ1v) is 5.20. The fraction of sp³-hybridized carbons (Fsp3) is 0.400. The molecule has 0 heterocycles. The Kier molecular flexibility index (Phi) is 4.35. The first-order chi connectivity index (χ1) is 6.63. The highest BCUT2D eigenvalue weighted by Gasteiger charge is 2.05. The second-order valence-electron chi connectivity index (χ2n) is 3.23. The molecule has 0 spiro atoms. The van der Waals surface area contributed by atoms with Crippen LogP contribution in [0.25, 0.3) is 0 Å². The van der Waals surface area contributed by atoms with Crippen LogP contribution in [0.3, 0.4) is 0 Å². The molecule has 0 aromatic heterocycles. The van der Waals surface area contributed by atoms with E-state index in [1.807, 2.05) is 6.92 Å². The molecule has 0 bridgehead atoms. The van der Waals surface area contributed by atoms with Crippen molar-refractivity contribution in [2.24, 2.45) is 11.7 Å². The van der Waals surface area contributed by atoms with E-state index >= 15 is 0 Å². The second kappa shape index (κ2) is 5.32. The number of halogens is 2. The molecule has 0 fully saturated rings. The molecule has 1 atom stereocenters. The number of benzene rings is 1. The predicted octanol–water partition coefficient (Wildman–Crippen LogP) is 2.56. The van der Waals surface area contributed by atoms with Crippen molar-refractivity contribution < 1.29 is 9.13 Å². The van der Waals surface area contributed by atoms with Gasteiger partial charge in [-0.05, 0) is 34.6 Å². The van der Waals surface area contributed by atoms with Crippen LogP contribution in [-0.4, -0.2) is 13.2 Å². The molecule has 4 heteroatoms. The largest absolute Gasteiger partial charge is 0.492 e. The predicted molar refractivity (Wildman–Crippen MR) is 57.8 cm³/mol. The van der Waals surface area contributed by atoms with E-state index in [0.717, 1.165) is 4.47 Å². The molecule has 2 N–H and O–H groups in total. The third-order valence-electron chi connectivity index (χ3n) is 1.82. The van der Waals surface area contributed by atoms with Crippen LogP contribution in [0.1, 0.15) is 6.92 Å². The molecule has 1 unspecified atom stereocenters. The smallest absolute Gasteiger partial charge is 0.136 e. The van der Waals surface area contributed by atoms with Crippen LogP contribution >= 0.6 is 15.9 Å². The summed E-state index contributed by atoms with van der Waals surface area (Å²) in [6, 6.07) is 4.36. The van der Waals surface area contributed by atoms with Crippen molar-refractivity contribution >= 4 is 15.9 Å². The topological polar surface area (TPSA) is 35.2 Å². The van der Waals surface area contributed by atoms with E-state index in [2.05, 4.69) is 15.9 Å². The van der Waals surface area contributed by atoms with E-state index in [1.54, 1.807) is 6.07 Å². The van der Waals surface area contributed by atoms with Crippen LogP contribution in [0.2, 0.25) is 0 Å². The highest BCUT2D eigenvalue weighted by Crippen LogP contribution is 2.25. The fourth-order valence-corrected chi connectivity index (χ4v) is 1.25. The van der Waals surface area contributed by atoms with Gasteiger partial charge in [-0.2, -0.15) is 0 Å². The van der Waals surface area contributed by atoms with Gasteiger partial charge in [0, 0.05) is 12.0 Å². The summed E-state index contributed by atoms with van der Waals surface area (Å²) < 4.78 is 19.0. The van der Waals surface area contributed by atoms with Gasteiger partial charge in [0.2, 0.25) is 0 Å². The molecule has 0 aliphatic carbocycles. The number of nitrogens with two attached hydrogens (primary N) is 1. The number of rotatable bonds is 4. The maximum atomic E-state index is 12.8. The van der Waals surface area contributed by atoms with Crippen LogP contribution in [0.5, 0.6) is 5.75 Å². The summed E-state index contributed by atoms with van der Waals surface area (Å²) in [5.41, 5.74) is 5.44. The second-order valence-corrected chi connectivity index (χ2v) is 4.08. The van der Waals surface area contributed by atoms with E-state index in [9.17, 15) is 4.39 Å².